The van der Waals surface area contributed by atoms with Gasteiger partial charge < -0.3 is 10.0 Å². The molecule has 3 nitrogen and oxygen atoms in total. The Bertz CT molecular complexity index is 233. The molecule has 0 rings (SSSR count). The predicted octanol–water partition coefficient (Wildman–Crippen LogP) is 1.79. The number of carbonyl (C=O) groups excluding carboxylic acids is 1. The van der Waals surface area contributed by atoms with E-state index in [4.69, 9.17) is 5.11 Å². The molecular weight excluding hydrogens is 291 g/mol. The molecule has 1 atom stereocenters. The molecule has 0 aromatic carbocycles. The lowest BCUT2D eigenvalue weighted by molar-refractivity contribution is -0.162. The maximum atomic E-state index is 12.2. The van der Waals surface area contributed by atoms with Crippen molar-refractivity contribution in [2.45, 2.75) is 24.9 Å². The molecule has 0 saturated heterocycles. The Morgan fingerprint density at radius 1 is 1.44 bits per heavy atom. The fourth-order valence-corrected chi connectivity index (χ4v) is 1.35. The van der Waals surface area contributed by atoms with Gasteiger partial charge in [0.2, 0.25) is 5.91 Å². The number of alkyl halides is 4. The number of hydrogen-bond acceptors (Lipinski definition) is 2. The molecule has 0 fully saturated rings. The molecule has 1 unspecified atom stereocenters. The average molecular weight is 306 g/mol. The second-order valence-corrected chi connectivity index (χ2v) is 4.73. The van der Waals surface area contributed by atoms with Crippen LogP contribution in [0.15, 0.2) is 0 Å². The van der Waals surface area contributed by atoms with Gasteiger partial charge in [-0.15, -0.1) is 0 Å². The first-order chi connectivity index (χ1) is 7.19. The summed E-state index contributed by atoms with van der Waals surface area (Å²) in [6.07, 6.45) is -4.45. The third kappa shape index (κ3) is 5.69. The van der Waals surface area contributed by atoms with Gasteiger partial charge in [-0.05, 0) is 5.92 Å². The Kier molecular flexibility index (Phi) is 6.32. The number of aliphatic hydroxyl groups excluding tert-OH is 1. The molecule has 96 valence electrons. The number of halogens is 4. The van der Waals surface area contributed by atoms with Gasteiger partial charge in [0.05, 0.1) is 11.4 Å². The van der Waals surface area contributed by atoms with Gasteiger partial charge in [-0.2, -0.15) is 13.2 Å². The second kappa shape index (κ2) is 6.44. The second-order valence-electron chi connectivity index (χ2n) is 3.74. The van der Waals surface area contributed by atoms with E-state index in [2.05, 4.69) is 15.9 Å². The van der Waals surface area contributed by atoms with Crippen LogP contribution in [-0.2, 0) is 4.79 Å². The zero-order valence-electron chi connectivity index (χ0n) is 9.09. The first kappa shape index (κ1) is 15.7. The van der Waals surface area contributed by atoms with E-state index in [1.807, 2.05) is 0 Å². The van der Waals surface area contributed by atoms with E-state index in [1.54, 1.807) is 13.8 Å². The quantitative estimate of drug-likeness (QED) is 0.787. The highest BCUT2D eigenvalue weighted by Gasteiger charge is 2.35. The lowest BCUT2D eigenvalue weighted by atomic mass is 10.1. The summed E-state index contributed by atoms with van der Waals surface area (Å²) in [5.41, 5.74) is 0. The summed E-state index contributed by atoms with van der Waals surface area (Å²) < 4.78 is 36.5. The van der Waals surface area contributed by atoms with Crippen molar-refractivity contribution < 1.29 is 23.1 Å². The van der Waals surface area contributed by atoms with Crippen molar-refractivity contribution in [3.8, 4) is 0 Å². The normalized spacial score (nSPS) is 14.0. The molecule has 0 aromatic heterocycles. The molecule has 0 bridgehead atoms. The summed E-state index contributed by atoms with van der Waals surface area (Å²) in [7, 11) is 0. The van der Waals surface area contributed by atoms with E-state index in [0.717, 1.165) is 0 Å². The topological polar surface area (TPSA) is 40.5 Å². The smallest absolute Gasteiger partial charge is 0.395 e. The van der Waals surface area contributed by atoms with Crippen molar-refractivity contribution in [3.05, 3.63) is 0 Å². The summed E-state index contributed by atoms with van der Waals surface area (Å²) in [4.78, 5) is 11.6. The van der Waals surface area contributed by atoms with Gasteiger partial charge in [0.15, 0.2) is 0 Å². The highest BCUT2D eigenvalue weighted by Crippen LogP contribution is 2.20. The van der Waals surface area contributed by atoms with E-state index < -0.39 is 30.1 Å². The third-order valence-electron chi connectivity index (χ3n) is 1.87. The van der Waals surface area contributed by atoms with E-state index in [0.29, 0.717) is 4.90 Å². The van der Waals surface area contributed by atoms with Crippen LogP contribution < -0.4 is 0 Å². The molecule has 0 saturated carbocycles. The minimum atomic E-state index is -4.45. The van der Waals surface area contributed by atoms with Crippen molar-refractivity contribution in [2.24, 2.45) is 5.92 Å². The Hall–Kier alpha value is -0.300. The Morgan fingerprint density at radius 3 is 2.25 bits per heavy atom. The van der Waals surface area contributed by atoms with E-state index in [1.165, 1.54) is 0 Å². The summed E-state index contributed by atoms with van der Waals surface area (Å²) in [5, 5.41) is 8.63. The van der Waals surface area contributed by atoms with Crippen LogP contribution in [0.5, 0.6) is 0 Å². The first-order valence-electron chi connectivity index (χ1n) is 4.79. The molecule has 0 spiro atoms. The van der Waals surface area contributed by atoms with Gasteiger partial charge >= 0.3 is 6.18 Å². The van der Waals surface area contributed by atoms with E-state index in [-0.39, 0.29) is 12.5 Å². The van der Waals surface area contributed by atoms with Crippen LogP contribution in [0.4, 0.5) is 13.2 Å². The van der Waals surface area contributed by atoms with Crippen LogP contribution in [-0.4, -0.2) is 46.6 Å². The molecule has 16 heavy (non-hydrogen) atoms. The van der Waals surface area contributed by atoms with Gasteiger partial charge in [-0.1, -0.05) is 29.8 Å². The number of hydrogen-bond donors (Lipinski definition) is 1. The molecule has 7 heteroatoms. The molecule has 0 aliphatic heterocycles. The molecular formula is C9H15BrF3NO2. The molecule has 0 aromatic rings. The van der Waals surface area contributed by atoms with Gasteiger partial charge in [0.1, 0.15) is 6.54 Å². The lowest BCUT2D eigenvalue weighted by Gasteiger charge is -2.26. The molecule has 0 aliphatic rings. The van der Waals surface area contributed by atoms with Crippen LogP contribution in [0.2, 0.25) is 0 Å². The maximum Gasteiger partial charge on any atom is 0.406 e. The van der Waals surface area contributed by atoms with Crippen molar-refractivity contribution >= 4 is 21.8 Å². The van der Waals surface area contributed by atoms with Crippen molar-refractivity contribution in [1.82, 2.24) is 4.90 Å². The van der Waals surface area contributed by atoms with E-state index in [9.17, 15) is 18.0 Å². The van der Waals surface area contributed by atoms with Crippen molar-refractivity contribution in [3.63, 3.8) is 0 Å². The van der Waals surface area contributed by atoms with Gasteiger partial charge in [0.25, 0.3) is 0 Å². The minimum Gasteiger partial charge on any atom is -0.395 e. The Morgan fingerprint density at radius 2 is 1.94 bits per heavy atom. The zero-order valence-corrected chi connectivity index (χ0v) is 10.7. The number of nitrogens with zero attached hydrogens (tertiary/aromatic N) is 1. The lowest BCUT2D eigenvalue weighted by Crippen LogP contribution is -2.45. The summed E-state index contributed by atoms with van der Waals surface area (Å²) in [6, 6.07) is 0. The Labute approximate surface area is 101 Å². The van der Waals surface area contributed by atoms with Crippen LogP contribution in [0, 0.1) is 5.92 Å². The average Bonchev–Trinajstić information content (AvgIpc) is 2.12. The molecule has 1 amide bonds. The molecule has 1 N–H and O–H groups in total. The summed E-state index contributed by atoms with van der Waals surface area (Å²) in [5.74, 6) is -0.761. The first-order valence-corrected chi connectivity index (χ1v) is 5.71. The Balaban J connectivity index is 4.59. The zero-order chi connectivity index (χ0) is 12.9. The van der Waals surface area contributed by atoms with Crippen molar-refractivity contribution in [2.75, 3.05) is 19.7 Å². The standard InChI is InChI=1S/C9H15BrF3NO2/c1-6(2)7(10)8(16)14(3-4-15)5-9(11,12)13/h6-7,15H,3-5H2,1-2H3. The van der Waals surface area contributed by atoms with Gasteiger partial charge in [0, 0.05) is 6.54 Å². The SMILES string of the molecule is CC(C)C(Br)C(=O)N(CCO)CC(F)(F)F. The summed E-state index contributed by atoms with van der Waals surface area (Å²) in [6.45, 7) is 1.32. The minimum absolute atomic E-state index is 0.109. The maximum absolute atomic E-state index is 12.2. The van der Waals surface area contributed by atoms with Gasteiger partial charge in [-0.25, -0.2) is 0 Å². The van der Waals surface area contributed by atoms with Crippen LogP contribution >= 0.6 is 15.9 Å². The van der Waals surface area contributed by atoms with E-state index >= 15 is 0 Å². The fourth-order valence-electron chi connectivity index (χ4n) is 1.06. The molecule has 0 radical (unpaired) electrons. The highest BCUT2D eigenvalue weighted by molar-refractivity contribution is 9.10. The monoisotopic (exact) mass is 305 g/mol. The fraction of sp³-hybridized carbons (Fsp3) is 0.889. The highest BCUT2D eigenvalue weighted by atomic mass is 79.9. The number of rotatable bonds is 5. The van der Waals surface area contributed by atoms with Gasteiger partial charge in [-0.3, -0.25) is 4.79 Å². The molecule has 0 aliphatic carbocycles. The van der Waals surface area contributed by atoms with Crippen LogP contribution in [0.25, 0.3) is 0 Å². The number of carbonyl (C=O) groups is 1. The predicted molar refractivity (Wildman–Crippen MR) is 57.3 cm³/mol. The summed E-state index contributed by atoms with van der Waals surface area (Å²) >= 11 is 3.05. The van der Waals surface area contributed by atoms with Crippen LogP contribution in [0.3, 0.4) is 0 Å². The van der Waals surface area contributed by atoms with Crippen molar-refractivity contribution in [1.29, 1.82) is 0 Å². The number of aliphatic hydroxyl groups is 1. The third-order valence-corrected chi connectivity index (χ3v) is 3.32. The van der Waals surface area contributed by atoms with Crippen LogP contribution in [0.1, 0.15) is 13.8 Å². The number of amides is 1. The largest absolute Gasteiger partial charge is 0.406 e. The molecule has 0 heterocycles.